The van der Waals surface area contributed by atoms with Crippen molar-refractivity contribution >= 4 is 57.2 Å². The average Bonchev–Trinajstić information content (AvgIpc) is 3.11. The molecule has 0 radical (unpaired) electrons. The second-order valence-corrected chi connectivity index (χ2v) is 9.81. The zero-order valence-corrected chi connectivity index (χ0v) is 29.6. The summed E-state index contributed by atoms with van der Waals surface area (Å²) in [5, 5.41) is 35.4. The Balaban J connectivity index is 0. The third-order valence-corrected chi connectivity index (χ3v) is 5.56. The second-order valence-electron chi connectivity index (χ2n) is 9.00. The number of methoxy groups -OCH3 is 2. The molecular weight excluding hydrogens is 679 g/mol. The third kappa shape index (κ3) is 22.9. The van der Waals surface area contributed by atoms with Crippen molar-refractivity contribution in [3.05, 3.63) is 95.7 Å². The molecule has 0 heterocycles. The molecule has 0 saturated heterocycles. The van der Waals surface area contributed by atoms with Gasteiger partial charge in [-0.3, -0.25) is 15.6 Å². The highest BCUT2D eigenvalue weighted by Gasteiger charge is 2.12. The van der Waals surface area contributed by atoms with E-state index in [0.29, 0.717) is 41.5 Å². The van der Waals surface area contributed by atoms with Crippen LogP contribution in [-0.4, -0.2) is 81.4 Å². The second kappa shape index (κ2) is 29.0. The highest BCUT2D eigenvalue weighted by molar-refractivity contribution is 6.67. The van der Waals surface area contributed by atoms with Crippen molar-refractivity contribution < 1.29 is 38.7 Å². The molecule has 2 aromatic rings. The largest absolute Gasteiger partial charge is 0.513 e. The summed E-state index contributed by atoms with van der Waals surface area (Å²) in [4.78, 5) is 22.6. The average molecular weight is 726 g/mol. The molecule has 2 rings (SSSR count). The predicted octanol–water partition coefficient (Wildman–Crippen LogP) is 6.10. The maximum absolute atomic E-state index is 11.7. The molecule has 0 unspecified atom stereocenters. The van der Waals surface area contributed by atoms with Gasteiger partial charge in [-0.2, -0.15) is 0 Å². The summed E-state index contributed by atoms with van der Waals surface area (Å²) in [6.07, 6.45) is 9.11. The summed E-state index contributed by atoms with van der Waals surface area (Å²) in [5.41, 5.74) is 13.0. The van der Waals surface area contributed by atoms with E-state index in [1.165, 1.54) is 31.4 Å². The Morgan fingerprint density at radius 1 is 0.796 bits per heavy atom. The minimum absolute atomic E-state index is 0.125. The Morgan fingerprint density at radius 3 is 1.59 bits per heavy atom. The molecule has 0 fully saturated rings. The van der Waals surface area contributed by atoms with Crippen LogP contribution in [0.3, 0.4) is 0 Å². The topological polar surface area (TPSA) is 235 Å². The number of esters is 1. The van der Waals surface area contributed by atoms with Gasteiger partial charge in [0.25, 0.3) is 0 Å². The van der Waals surface area contributed by atoms with E-state index in [2.05, 4.69) is 15.4 Å². The van der Waals surface area contributed by atoms with Crippen LogP contribution in [0.1, 0.15) is 33.6 Å². The van der Waals surface area contributed by atoms with Gasteiger partial charge in [0.1, 0.15) is 34.4 Å². The van der Waals surface area contributed by atoms with Gasteiger partial charge < -0.3 is 51.3 Å². The van der Waals surface area contributed by atoms with Gasteiger partial charge in [-0.25, -0.2) is 4.79 Å². The molecule has 49 heavy (non-hydrogen) atoms. The van der Waals surface area contributed by atoms with Crippen molar-refractivity contribution in [1.29, 1.82) is 10.8 Å². The van der Waals surface area contributed by atoms with Crippen LogP contribution in [0.2, 0.25) is 0 Å². The fourth-order valence-electron chi connectivity index (χ4n) is 3.06. The number of unbranched alkanes of at least 4 members (excludes halogenated alkanes) is 1. The number of aliphatic hydroxyl groups excluding tert-OH is 2. The van der Waals surface area contributed by atoms with Crippen LogP contribution in [0.15, 0.2) is 84.6 Å². The van der Waals surface area contributed by atoms with Crippen LogP contribution in [0.5, 0.6) is 11.5 Å². The van der Waals surface area contributed by atoms with Crippen LogP contribution in [-0.2, 0) is 9.47 Å². The Labute approximate surface area is 297 Å². The molecule has 0 spiro atoms. The number of carbonyl (C=O) groups is 2. The molecule has 16 heteroatoms. The lowest BCUT2D eigenvalue weighted by atomic mass is 10.1. The van der Waals surface area contributed by atoms with Crippen molar-refractivity contribution in [3.8, 4) is 11.5 Å². The van der Waals surface area contributed by atoms with Gasteiger partial charge in [-0.05, 0) is 61.4 Å². The SMILES string of the molecule is CNc1cc(OCCCCOc2ccc(C(=O)OC)c(NC)c2)ccc1C=O.COC.N=C(Cl)/C=C\C(N)=C\O.N=C(Cl)/C=C\C(N)=C\O. The molecule has 0 amide bonds. The Hall–Kier alpha value is -5.18. The normalized spacial score (nSPS) is 10.7. The van der Waals surface area contributed by atoms with Gasteiger partial charge in [-0.1, -0.05) is 23.2 Å². The lowest BCUT2D eigenvalue weighted by Gasteiger charge is -2.12. The quantitative estimate of drug-likeness (QED) is 0.0260. The molecule has 0 aliphatic carbocycles. The standard InChI is InChI=1S/C21H26N2O5.2C5H7ClN2O.C2H6O/c1-22-19-12-16(7-6-15(19)14-24)27-10-4-5-11-28-17-8-9-18(21(25)26-3)20(13-17)23-2;2*6-5(8)2-1-4(7)3-9;1-3-2/h6-9,12-14,22-23H,4-5,10-11H2,1-3H3;2*1-3,8-9H,7H2;1-2H3/b;2*2-1-,4-3-,8-5?;. The minimum Gasteiger partial charge on any atom is -0.513 e. The monoisotopic (exact) mass is 724 g/mol. The number of rotatable bonds is 15. The minimum atomic E-state index is -0.393. The van der Waals surface area contributed by atoms with Crippen molar-refractivity contribution in [2.75, 3.05) is 59.3 Å². The van der Waals surface area contributed by atoms with Crippen LogP contribution < -0.4 is 31.6 Å². The number of aliphatic hydroxyl groups is 2. The summed E-state index contributed by atoms with van der Waals surface area (Å²) in [6, 6.07) is 10.5. The molecule has 10 N–H and O–H groups in total. The summed E-state index contributed by atoms with van der Waals surface area (Å²) < 4.78 is 20.5. The van der Waals surface area contributed by atoms with E-state index >= 15 is 0 Å². The Kier molecular flexibility index (Phi) is 27.2. The molecule has 270 valence electrons. The summed E-state index contributed by atoms with van der Waals surface area (Å²) >= 11 is 10.2. The molecule has 0 aliphatic heterocycles. The predicted molar refractivity (Wildman–Crippen MR) is 197 cm³/mol. The van der Waals surface area contributed by atoms with Crippen molar-refractivity contribution in [2.24, 2.45) is 11.5 Å². The van der Waals surface area contributed by atoms with E-state index in [4.69, 9.17) is 69.9 Å². The van der Waals surface area contributed by atoms with Crippen molar-refractivity contribution in [3.63, 3.8) is 0 Å². The van der Waals surface area contributed by atoms with Crippen LogP contribution in [0, 0.1) is 10.8 Å². The van der Waals surface area contributed by atoms with Crippen LogP contribution in [0.25, 0.3) is 0 Å². The van der Waals surface area contributed by atoms with Crippen LogP contribution >= 0.6 is 23.2 Å². The molecule has 0 saturated carbocycles. The van der Waals surface area contributed by atoms with E-state index in [9.17, 15) is 9.59 Å². The first kappa shape index (κ1) is 45.9. The lowest BCUT2D eigenvalue weighted by Crippen LogP contribution is -2.07. The molecule has 0 aliphatic rings. The molecule has 14 nitrogen and oxygen atoms in total. The molecule has 0 aromatic heterocycles. The number of benzene rings is 2. The van der Waals surface area contributed by atoms with Gasteiger partial charge in [-0.15, -0.1) is 0 Å². The number of allylic oxidation sites excluding steroid dienone is 4. The molecule has 0 bridgehead atoms. The van der Waals surface area contributed by atoms with E-state index < -0.39 is 5.97 Å². The summed E-state index contributed by atoms with van der Waals surface area (Å²) in [7, 11) is 8.11. The number of nitrogens with two attached hydrogens (primary N) is 2. The lowest BCUT2D eigenvalue weighted by molar-refractivity contribution is 0.0601. The molecule has 2 aromatic carbocycles. The first-order chi connectivity index (χ1) is 23.4. The number of hydrogen-bond acceptors (Lipinski definition) is 14. The number of anilines is 2. The number of aldehydes is 1. The fraction of sp³-hybridized carbons (Fsp3) is 0.273. The van der Waals surface area contributed by atoms with Gasteiger partial charge >= 0.3 is 5.97 Å². The third-order valence-electron chi connectivity index (χ3n) is 5.31. The highest BCUT2D eigenvalue weighted by atomic mass is 35.5. The number of ether oxygens (including phenoxy) is 4. The number of carbonyl (C=O) groups excluding carboxylic acids is 2. The highest BCUT2D eigenvalue weighted by Crippen LogP contribution is 2.24. The van der Waals surface area contributed by atoms with Gasteiger partial charge in [0.2, 0.25) is 0 Å². The van der Waals surface area contributed by atoms with Crippen molar-refractivity contribution in [1.82, 2.24) is 0 Å². The van der Waals surface area contributed by atoms with Gasteiger partial charge in [0.05, 0.1) is 43.0 Å². The number of halogens is 2. The maximum Gasteiger partial charge on any atom is 0.339 e. The van der Waals surface area contributed by atoms with E-state index in [1.807, 2.05) is 6.07 Å². The smallest absolute Gasteiger partial charge is 0.339 e. The number of nitrogens with one attached hydrogen (secondary N) is 4. The fourth-order valence-corrected chi connectivity index (χ4v) is 3.19. The van der Waals surface area contributed by atoms with E-state index in [1.54, 1.807) is 58.6 Å². The maximum atomic E-state index is 11.7. The van der Waals surface area contributed by atoms with Crippen LogP contribution in [0.4, 0.5) is 11.4 Å². The first-order valence-electron chi connectivity index (χ1n) is 14.2. The first-order valence-corrected chi connectivity index (χ1v) is 15.0. The number of hydrogen-bond donors (Lipinski definition) is 8. The zero-order valence-electron chi connectivity index (χ0n) is 28.1. The zero-order chi connectivity index (χ0) is 37.6. The summed E-state index contributed by atoms with van der Waals surface area (Å²) in [6.45, 7) is 1.09. The van der Waals surface area contributed by atoms with Gasteiger partial charge in [0, 0.05) is 51.7 Å². The summed E-state index contributed by atoms with van der Waals surface area (Å²) in [5.74, 6) is 1.00. The van der Waals surface area contributed by atoms with Crippen molar-refractivity contribution in [2.45, 2.75) is 12.8 Å². The van der Waals surface area contributed by atoms with E-state index in [0.717, 1.165) is 37.3 Å². The molecule has 0 atom stereocenters. The van der Waals surface area contributed by atoms with E-state index in [-0.39, 0.29) is 21.7 Å². The Bertz CT molecular complexity index is 1390. The van der Waals surface area contributed by atoms with Gasteiger partial charge in [0.15, 0.2) is 6.29 Å². The Morgan fingerprint density at radius 2 is 1.22 bits per heavy atom. The molecular formula is C33H46Cl2N6O8.